The van der Waals surface area contributed by atoms with E-state index in [4.69, 9.17) is 9.39 Å². The maximum Gasteiger partial charge on any atom is 0.417 e. The van der Waals surface area contributed by atoms with Crippen LogP contribution in [0.4, 0.5) is 23.2 Å². The molecule has 1 aliphatic rings. The van der Waals surface area contributed by atoms with Gasteiger partial charge in [0.1, 0.15) is 11.6 Å². The van der Waals surface area contributed by atoms with Crippen molar-refractivity contribution in [3.63, 3.8) is 0 Å². The summed E-state index contributed by atoms with van der Waals surface area (Å²) in [6.45, 7) is -0.00880. The first-order valence-corrected chi connectivity index (χ1v) is 9.33. The fraction of sp³-hybridized carbons (Fsp3) is 0.136. The van der Waals surface area contributed by atoms with Gasteiger partial charge in [0.2, 0.25) is 0 Å². The first kappa shape index (κ1) is 20.9. The molecule has 0 spiro atoms. The Morgan fingerprint density at radius 3 is 2.48 bits per heavy atom. The molecule has 1 aliphatic heterocycles. The van der Waals surface area contributed by atoms with Crippen LogP contribution in [0.3, 0.4) is 0 Å². The molecule has 9 heteroatoms. The summed E-state index contributed by atoms with van der Waals surface area (Å²) in [6.07, 6.45) is -4.86. The molecule has 4 rings (SSSR count). The molecule has 3 aromatic rings. The number of rotatable bonds is 4. The largest absolute Gasteiger partial charge is 0.497 e. The van der Waals surface area contributed by atoms with Gasteiger partial charge >= 0.3 is 13.1 Å². The summed E-state index contributed by atoms with van der Waals surface area (Å²) in [5.74, 6) is -1.35. The van der Waals surface area contributed by atoms with Crippen LogP contribution >= 0.6 is 0 Å². The maximum atomic E-state index is 13.3. The number of alkyl halides is 3. The summed E-state index contributed by atoms with van der Waals surface area (Å²) >= 11 is 0. The standard InChI is InChI=1S/C22H16BF4NO3/c1-30-17-7-3-14(4-8-17)23-20-11-16(6-2-13(20)12-31-23)28-21(29)18-9-5-15(24)10-19(18)22(25,26)27/h2-11H,12H2,1H3,(H,28,29). The van der Waals surface area contributed by atoms with Gasteiger partial charge in [-0.15, -0.1) is 0 Å². The van der Waals surface area contributed by atoms with Crippen molar-refractivity contribution in [2.45, 2.75) is 12.8 Å². The Hall–Kier alpha value is -3.33. The Bertz CT molecular complexity index is 1130. The zero-order chi connectivity index (χ0) is 22.2. The summed E-state index contributed by atoms with van der Waals surface area (Å²) in [5.41, 5.74) is 0.920. The molecule has 0 radical (unpaired) electrons. The third-order valence-electron chi connectivity index (χ3n) is 5.04. The minimum atomic E-state index is -4.86. The molecule has 0 atom stereocenters. The predicted octanol–water partition coefficient (Wildman–Crippen LogP) is 3.74. The molecule has 1 heterocycles. The summed E-state index contributed by atoms with van der Waals surface area (Å²) < 4.78 is 64.0. The summed E-state index contributed by atoms with van der Waals surface area (Å²) in [6, 6.07) is 14.3. The highest BCUT2D eigenvalue weighted by molar-refractivity contribution is 6.81. The minimum absolute atomic E-state index is 0.310. The molecular weight excluding hydrogens is 413 g/mol. The second-order valence-electron chi connectivity index (χ2n) is 7.02. The molecule has 1 amide bonds. The first-order valence-electron chi connectivity index (χ1n) is 9.33. The lowest BCUT2D eigenvalue weighted by atomic mass is 9.56. The number of amides is 1. The SMILES string of the molecule is COc1ccc(B2OCc3ccc(NC(=O)c4ccc(F)cc4C(F)(F)F)cc32)cc1. The number of halogens is 4. The molecule has 0 saturated carbocycles. The van der Waals surface area contributed by atoms with Gasteiger partial charge < -0.3 is 14.7 Å². The van der Waals surface area contributed by atoms with E-state index >= 15 is 0 Å². The normalized spacial score (nSPS) is 13.1. The smallest absolute Gasteiger partial charge is 0.417 e. The van der Waals surface area contributed by atoms with Crippen LogP contribution < -0.4 is 21.0 Å². The van der Waals surface area contributed by atoms with Crippen molar-refractivity contribution in [1.29, 1.82) is 0 Å². The number of nitrogens with one attached hydrogen (secondary N) is 1. The Kier molecular flexibility index (Phi) is 5.45. The van der Waals surface area contributed by atoms with E-state index < -0.39 is 29.0 Å². The molecule has 0 unspecified atom stereocenters. The van der Waals surface area contributed by atoms with Gasteiger partial charge in [-0.3, -0.25) is 4.79 Å². The number of hydrogen-bond donors (Lipinski definition) is 1. The number of benzene rings is 3. The van der Waals surface area contributed by atoms with E-state index in [-0.39, 0.29) is 6.92 Å². The highest BCUT2D eigenvalue weighted by Crippen LogP contribution is 2.33. The van der Waals surface area contributed by atoms with Gasteiger partial charge in [0.05, 0.1) is 24.8 Å². The van der Waals surface area contributed by atoms with E-state index in [2.05, 4.69) is 5.32 Å². The van der Waals surface area contributed by atoms with E-state index in [0.717, 1.165) is 28.6 Å². The van der Waals surface area contributed by atoms with Gasteiger partial charge in [-0.05, 0) is 59.0 Å². The Balaban J connectivity index is 1.61. The van der Waals surface area contributed by atoms with E-state index in [1.54, 1.807) is 37.4 Å². The summed E-state index contributed by atoms with van der Waals surface area (Å²) in [5, 5.41) is 2.47. The van der Waals surface area contributed by atoms with Crippen molar-refractivity contribution in [3.8, 4) is 5.75 Å². The maximum absolute atomic E-state index is 13.3. The van der Waals surface area contributed by atoms with Crippen LogP contribution in [-0.4, -0.2) is 19.9 Å². The lowest BCUT2D eigenvalue weighted by Crippen LogP contribution is -2.41. The molecule has 1 N–H and O–H groups in total. The molecule has 4 nitrogen and oxygen atoms in total. The van der Waals surface area contributed by atoms with E-state index in [9.17, 15) is 22.4 Å². The molecule has 0 fully saturated rings. The number of hydrogen-bond acceptors (Lipinski definition) is 3. The summed E-state index contributed by atoms with van der Waals surface area (Å²) in [7, 11) is 1.57. The number of fused-ring (bicyclic) bond motifs is 1. The second-order valence-corrected chi connectivity index (χ2v) is 7.02. The number of ether oxygens (including phenoxy) is 1. The second kappa shape index (κ2) is 8.07. The fourth-order valence-electron chi connectivity index (χ4n) is 3.51. The Morgan fingerprint density at radius 1 is 1.06 bits per heavy atom. The van der Waals surface area contributed by atoms with Crippen LogP contribution in [0.25, 0.3) is 0 Å². The lowest BCUT2D eigenvalue weighted by molar-refractivity contribution is -0.138. The predicted molar refractivity (Wildman–Crippen MR) is 109 cm³/mol. The molecule has 158 valence electrons. The number of carbonyl (C=O) groups is 1. The van der Waals surface area contributed by atoms with Crippen LogP contribution in [-0.2, 0) is 17.4 Å². The Morgan fingerprint density at radius 2 is 1.81 bits per heavy atom. The van der Waals surface area contributed by atoms with Crippen molar-refractivity contribution in [1.82, 2.24) is 0 Å². The number of anilines is 1. The van der Waals surface area contributed by atoms with Crippen molar-refractivity contribution in [3.05, 3.63) is 83.2 Å². The topological polar surface area (TPSA) is 47.6 Å². The molecule has 0 aromatic heterocycles. The van der Waals surface area contributed by atoms with E-state index in [1.165, 1.54) is 0 Å². The average Bonchev–Trinajstić information content (AvgIpc) is 3.16. The lowest BCUT2D eigenvalue weighted by Gasteiger charge is -2.14. The van der Waals surface area contributed by atoms with Gasteiger partial charge in [0, 0.05) is 5.69 Å². The van der Waals surface area contributed by atoms with Crippen molar-refractivity contribution in [2.24, 2.45) is 0 Å². The highest BCUT2D eigenvalue weighted by atomic mass is 19.4. The monoisotopic (exact) mass is 429 g/mol. The van der Waals surface area contributed by atoms with Gasteiger partial charge in [-0.1, -0.05) is 18.2 Å². The van der Waals surface area contributed by atoms with Gasteiger partial charge in [0.15, 0.2) is 0 Å². The van der Waals surface area contributed by atoms with Crippen molar-refractivity contribution < 1.29 is 31.7 Å². The van der Waals surface area contributed by atoms with Crippen LogP contribution in [0.2, 0.25) is 0 Å². The van der Waals surface area contributed by atoms with Crippen LogP contribution in [0, 0.1) is 5.82 Å². The summed E-state index contributed by atoms with van der Waals surface area (Å²) in [4.78, 5) is 12.5. The van der Waals surface area contributed by atoms with Crippen LogP contribution in [0.1, 0.15) is 21.5 Å². The molecule has 31 heavy (non-hydrogen) atoms. The quantitative estimate of drug-likeness (QED) is 0.508. The zero-order valence-electron chi connectivity index (χ0n) is 16.3. The third-order valence-corrected chi connectivity index (χ3v) is 5.04. The van der Waals surface area contributed by atoms with Gasteiger partial charge in [0.25, 0.3) is 5.91 Å². The van der Waals surface area contributed by atoms with Gasteiger partial charge in [-0.25, -0.2) is 4.39 Å². The molecule has 0 saturated heterocycles. The van der Waals surface area contributed by atoms with Crippen LogP contribution in [0.5, 0.6) is 5.75 Å². The molecule has 3 aromatic carbocycles. The Labute approximate surface area is 175 Å². The highest BCUT2D eigenvalue weighted by Gasteiger charge is 2.36. The third kappa shape index (κ3) is 4.27. The minimum Gasteiger partial charge on any atom is -0.497 e. The molecule has 0 bridgehead atoms. The van der Waals surface area contributed by atoms with Gasteiger partial charge in [-0.2, -0.15) is 13.2 Å². The number of carbonyl (C=O) groups excluding carboxylic acids is 1. The molecule has 0 aliphatic carbocycles. The average molecular weight is 429 g/mol. The zero-order valence-corrected chi connectivity index (χ0v) is 16.3. The number of methoxy groups -OCH3 is 1. The van der Waals surface area contributed by atoms with E-state index in [1.807, 2.05) is 12.1 Å². The van der Waals surface area contributed by atoms with Crippen LogP contribution in [0.15, 0.2) is 60.7 Å². The first-order chi connectivity index (χ1) is 14.8. The van der Waals surface area contributed by atoms with Crippen molar-refractivity contribution >= 4 is 29.4 Å². The van der Waals surface area contributed by atoms with Crippen molar-refractivity contribution in [2.75, 3.05) is 12.4 Å². The van der Waals surface area contributed by atoms with E-state index in [0.29, 0.717) is 24.1 Å². The fourth-order valence-corrected chi connectivity index (χ4v) is 3.51. The molecular formula is C22H16BF4NO3.